The molecule has 1 saturated carbocycles. The third kappa shape index (κ3) is 3.05. The topological polar surface area (TPSA) is 66.8 Å². The Morgan fingerprint density at radius 1 is 1.27 bits per heavy atom. The number of carbonyl (C=O) groups excluding carboxylic acids is 1. The van der Waals surface area contributed by atoms with E-state index in [4.69, 9.17) is 4.74 Å². The number of hydrogen-bond donors (Lipinski definition) is 2. The third-order valence-electron chi connectivity index (χ3n) is 6.20. The molecule has 1 rings (SSSR count). The van der Waals surface area contributed by atoms with Gasteiger partial charge in [0.1, 0.15) is 0 Å². The van der Waals surface area contributed by atoms with Crippen LogP contribution in [0, 0.1) is 23.2 Å². The van der Waals surface area contributed by atoms with E-state index >= 15 is 0 Å². The van der Waals surface area contributed by atoms with Gasteiger partial charge in [-0.25, -0.2) is 0 Å². The second-order valence-electron chi connectivity index (χ2n) is 7.94. The minimum absolute atomic E-state index is 0.0951. The Morgan fingerprint density at radius 3 is 2.18 bits per heavy atom. The van der Waals surface area contributed by atoms with Gasteiger partial charge in [0.2, 0.25) is 0 Å². The van der Waals surface area contributed by atoms with Gasteiger partial charge in [0.15, 0.2) is 0 Å². The fraction of sp³-hybridized carbons (Fsp3) is 0.944. The van der Waals surface area contributed by atoms with Crippen LogP contribution in [0.2, 0.25) is 0 Å². The number of hydrogen-bond acceptors (Lipinski definition) is 4. The van der Waals surface area contributed by atoms with Crippen LogP contribution in [0.5, 0.6) is 0 Å². The zero-order valence-corrected chi connectivity index (χ0v) is 15.3. The van der Waals surface area contributed by atoms with Gasteiger partial charge in [-0.15, -0.1) is 0 Å². The molecule has 130 valence electrons. The van der Waals surface area contributed by atoms with Crippen molar-refractivity contribution >= 4 is 5.97 Å². The monoisotopic (exact) mass is 314 g/mol. The minimum atomic E-state index is -1.17. The first-order chi connectivity index (χ1) is 9.93. The highest BCUT2D eigenvalue weighted by Gasteiger charge is 2.60. The molecule has 0 spiro atoms. The van der Waals surface area contributed by atoms with Crippen LogP contribution in [-0.4, -0.2) is 34.0 Å². The highest BCUT2D eigenvalue weighted by molar-refractivity contribution is 5.78. The van der Waals surface area contributed by atoms with E-state index in [9.17, 15) is 15.0 Å². The van der Waals surface area contributed by atoms with Gasteiger partial charge in [-0.2, -0.15) is 0 Å². The number of rotatable bonds is 6. The summed E-state index contributed by atoms with van der Waals surface area (Å²) < 4.78 is 5.18. The van der Waals surface area contributed by atoms with Gasteiger partial charge in [-0.3, -0.25) is 4.79 Å². The molecule has 4 nitrogen and oxygen atoms in total. The molecule has 0 bridgehead atoms. The maximum Gasteiger partial charge on any atom is 0.314 e. The van der Waals surface area contributed by atoms with Crippen LogP contribution in [0.4, 0.5) is 0 Å². The summed E-state index contributed by atoms with van der Waals surface area (Å²) in [6.45, 7) is 13.6. The highest BCUT2D eigenvalue weighted by Crippen LogP contribution is 2.54. The van der Waals surface area contributed by atoms with Crippen molar-refractivity contribution in [2.45, 2.75) is 78.9 Å². The van der Waals surface area contributed by atoms with Gasteiger partial charge in [0, 0.05) is 0 Å². The van der Waals surface area contributed by atoms with E-state index < -0.39 is 16.6 Å². The summed E-state index contributed by atoms with van der Waals surface area (Å²) in [5.41, 5.74) is -2.91. The first-order valence-corrected chi connectivity index (χ1v) is 8.55. The molecule has 0 heterocycles. The number of aliphatic hydroxyl groups is 2. The van der Waals surface area contributed by atoms with Gasteiger partial charge >= 0.3 is 5.97 Å². The molecule has 1 aliphatic carbocycles. The minimum Gasteiger partial charge on any atom is -0.465 e. The van der Waals surface area contributed by atoms with E-state index in [1.54, 1.807) is 20.8 Å². The maximum absolute atomic E-state index is 12.3. The lowest BCUT2D eigenvalue weighted by molar-refractivity contribution is -0.174. The molecule has 0 aromatic heterocycles. The predicted molar refractivity (Wildman–Crippen MR) is 87.3 cm³/mol. The van der Waals surface area contributed by atoms with E-state index in [-0.39, 0.29) is 23.7 Å². The molecular weight excluding hydrogens is 280 g/mol. The summed E-state index contributed by atoms with van der Waals surface area (Å²) in [5.74, 6) is -0.257. The van der Waals surface area contributed by atoms with Crippen LogP contribution in [0.15, 0.2) is 0 Å². The lowest BCUT2D eigenvalue weighted by Crippen LogP contribution is -2.52. The number of ether oxygens (including phenoxy) is 1. The molecule has 4 heteroatoms. The Hall–Kier alpha value is -0.610. The van der Waals surface area contributed by atoms with Crippen molar-refractivity contribution in [3.05, 3.63) is 0 Å². The molecule has 3 atom stereocenters. The quantitative estimate of drug-likeness (QED) is 0.739. The van der Waals surface area contributed by atoms with Crippen LogP contribution in [0.3, 0.4) is 0 Å². The average Bonchev–Trinajstić information content (AvgIpc) is 2.63. The van der Waals surface area contributed by atoms with Crippen molar-refractivity contribution in [3.8, 4) is 0 Å². The molecule has 1 fully saturated rings. The van der Waals surface area contributed by atoms with E-state index in [0.29, 0.717) is 19.4 Å². The summed E-state index contributed by atoms with van der Waals surface area (Å²) in [6.07, 6.45) is 1.82. The third-order valence-corrected chi connectivity index (χ3v) is 6.20. The fourth-order valence-electron chi connectivity index (χ4n) is 3.88. The van der Waals surface area contributed by atoms with E-state index in [0.717, 1.165) is 6.42 Å². The van der Waals surface area contributed by atoms with E-state index in [2.05, 4.69) is 0 Å². The Morgan fingerprint density at radius 2 is 1.77 bits per heavy atom. The number of carbonyl (C=O) groups is 1. The summed E-state index contributed by atoms with van der Waals surface area (Å²) in [7, 11) is 0. The molecule has 0 amide bonds. The predicted octanol–water partition coefficient (Wildman–Crippen LogP) is 3.15. The standard InChI is InChI=1S/C18H34O4/c1-8-22-15(19)16(6)10-9-14(17(16,7)20)11-18(21,12(2)3)13(4)5/h12-14,20-21H,8-11H2,1-7H3/t14-,16-,17-/m1/s1. The van der Waals surface area contributed by atoms with Crippen LogP contribution >= 0.6 is 0 Å². The van der Waals surface area contributed by atoms with Gasteiger partial charge in [0.05, 0.1) is 23.2 Å². The van der Waals surface area contributed by atoms with Crippen LogP contribution in [-0.2, 0) is 9.53 Å². The molecule has 0 saturated heterocycles. The zero-order chi connectivity index (χ0) is 17.3. The fourth-order valence-corrected chi connectivity index (χ4v) is 3.88. The van der Waals surface area contributed by atoms with Crippen molar-refractivity contribution in [2.75, 3.05) is 6.61 Å². The molecule has 0 unspecified atom stereocenters. The molecule has 2 N–H and O–H groups in total. The Labute approximate surface area is 135 Å². The van der Waals surface area contributed by atoms with Crippen LogP contribution in [0.25, 0.3) is 0 Å². The normalized spacial score (nSPS) is 32.8. The van der Waals surface area contributed by atoms with Crippen molar-refractivity contribution in [1.29, 1.82) is 0 Å². The van der Waals surface area contributed by atoms with Gasteiger partial charge in [-0.1, -0.05) is 27.7 Å². The van der Waals surface area contributed by atoms with Gasteiger partial charge in [-0.05, 0) is 57.8 Å². The van der Waals surface area contributed by atoms with E-state index in [1.165, 1.54) is 0 Å². The molecular formula is C18H34O4. The maximum atomic E-state index is 12.3. The first-order valence-electron chi connectivity index (χ1n) is 8.55. The summed E-state index contributed by atoms with van der Waals surface area (Å²) in [4.78, 5) is 12.3. The second-order valence-corrected chi connectivity index (χ2v) is 7.94. The molecule has 0 radical (unpaired) electrons. The van der Waals surface area contributed by atoms with E-state index in [1.807, 2.05) is 27.7 Å². The lowest BCUT2D eigenvalue weighted by atomic mass is 9.68. The van der Waals surface area contributed by atoms with Crippen LogP contribution < -0.4 is 0 Å². The Balaban J connectivity index is 3.03. The van der Waals surface area contributed by atoms with Gasteiger partial charge in [0.25, 0.3) is 0 Å². The number of esters is 1. The van der Waals surface area contributed by atoms with Crippen molar-refractivity contribution in [3.63, 3.8) is 0 Å². The average molecular weight is 314 g/mol. The summed E-state index contributed by atoms with van der Waals surface area (Å²) >= 11 is 0. The first kappa shape index (κ1) is 19.4. The van der Waals surface area contributed by atoms with Crippen molar-refractivity contribution < 1.29 is 19.7 Å². The largest absolute Gasteiger partial charge is 0.465 e. The Kier molecular flexibility index (Phi) is 5.73. The Bertz CT molecular complexity index is 392. The molecule has 0 aromatic carbocycles. The summed E-state index contributed by atoms with van der Waals surface area (Å²) in [5, 5.41) is 22.1. The molecule has 1 aliphatic rings. The molecule has 22 heavy (non-hydrogen) atoms. The molecule has 0 aromatic rings. The highest BCUT2D eigenvalue weighted by atomic mass is 16.5. The van der Waals surface area contributed by atoms with Gasteiger partial charge < -0.3 is 14.9 Å². The van der Waals surface area contributed by atoms with Crippen LogP contribution in [0.1, 0.15) is 67.7 Å². The summed E-state index contributed by atoms with van der Waals surface area (Å²) in [6, 6.07) is 0. The SMILES string of the molecule is CCOC(=O)[C@@]1(C)CC[C@H](CC(O)(C(C)C)C(C)C)[C@@]1(C)O. The van der Waals surface area contributed by atoms with Crippen molar-refractivity contribution in [2.24, 2.45) is 23.2 Å². The smallest absolute Gasteiger partial charge is 0.314 e. The van der Waals surface area contributed by atoms with Crippen molar-refractivity contribution in [1.82, 2.24) is 0 Å². The zero-order valence-electron chi connectivity index (χ0n) is 15.3. The second kappa shape index (κ2) is 6.48. The molecule has 0 aliphatic heterocycles. The lowest BCUT2D eigenvalue weighted by Gasteiger charge is -2.43.